The van der Waals surface area contributed by atoms with Crippen LogP contribution in [0.4, 0.5) is 0 Å². The lowest BCUT2D eigenvalue weighted by atomic mass is 9.97. The molecule has 0 aliphatic rings. The van der Waals surface area contributed by atoms with Crippen LogP contribution in [-0.4, -0.2) is 23.0 Å². The Balaban J connectivity index is 3.30. The van der Waals surface area contributed by atoms with E-state index in [2.05, 4.69) is 40.4 Å². The number of hydrogen-bond acceptors (Lipinski definition) is 2. The molecule has 0 fully saturated rings. The highest BCUT2D eigenvalue weighted by Gasteiger charge is 2.41. The summed E-state index contributed by atoms with van der Waals surface area (Å²) in [6.45, 7) is 21.2. The van der Waals surface area contributed by atoms with Gasteiger partial charge >= 0.3 is 0 Å². The van der Waals surface area contributed by atoms with Crippen molar-refractivity contribution in [1.29, 1.82) is 0 Å². The van der Waals surface area contributed by atoms with Crippen LogP contribution >= 0.6 is 11.6 Å². The first-order valence-electron chi connectivity index (χ1n) is 9.13. The van der Waals surface area contributed by atoms with E-state index in [4.69, 9.17) is 16.0 Å². The first-order chi connectivity index (χ1) is 11.7. The van der Waals surface area contributed by atoms with Gasteiger partial charge in [0, 0.05) is 32.2 Å². The molecule has 0 N–H and O–H groups in total. The van der Waals surface area contributed by atoms with Crippen molar-refractivity contribution in [2.45, 2.75) is 70.5 Å². The first kappa shape index (κ1) is 23.6. The van der Waals surface area contributed by atoms with E-state index >= 15 is 0 Å². The summed E-state index contributed by atoms with van der Waals surface area (Å²) in [4.78, 5) is 0. The second kappa shape index (κ2) is 8.72. The number of benzene rings is 1. The van der Waals surface area contributed by atoms with Gasteiger partial charge in [-0.2, -0.15) is 0 Å². The largest absolute Gasteiger partial charge is 0.409 e. The zero-order chi connectivity index (χ0) is 20.3. The van der Waals surface area contributed by atoms with Crippen molar-refractivity contribution in [3.05, 3.63) is 47.5 Å². The molecule has 0 amide bonds. The summed E-state index contributed by atoms with van der Waals surface area (Å²) < 4.78 is 19.3. The maximum Gasteiger partial charge on any atom is 0.192 e. The first-order valence-corrected chi connectivity index (χ1v) is 13.7. The van der Waals surface area contributed by atoms with Crippen molar-refractivity contribution >= 4 is 30.7 Å². The summed E-state index contributed by atoms with van der Waals surface area (Å²) >= 11 is 6.25. The predicted molar refractivity (Wildman–Crippen MR) is 119 cm³/mol. The summed E-state index contributed by atoms with van der Waals surface area (Å²) in [6.07, 6.45) is 1.70. The molecule has 1 aromatic carbocycles. The van der Waals surface area contributed by atoms with Gasteiger partial charge in [0.25, 0.3) is 0 Å². The van der Waals surface area contributed by atoms with Gasteiger partial charge in [-0.15, -0.1) is 6.58 Å². The van der Waals surface area contributed by atoms with E-state index < -0.39 is 19.1 Å². The molecule has 148 valence electrons. The molecular weight excluding hydrogens is 380 g/mol. The van der Waals surface area contributed by atoms with Crippen LogP contribution in [0.15, 0.2) is 36.9 Å². The van der Waals surface area contributed by atoms with Crippen molar-refractivity contribution in [2.75, 3.05) is 5.75 Å². The van der Waals surface area contributed by atoms with Crippen LogP contribution in [0.25, 0.3) is 0 Å². The molecule has 0 radical (unpaired) electrons. The lowest BCUT2D eigenvalue weighted by Gasteiger charge is -2.41. The molecular formula is C21H35ClO2SSi. The molecule has 0 spiro atoms. The summed E-state index contributed by atoms with van der Waals surface area (Å²) in [7, 11) is -3.02. The minimum Gasteiger partial charge on any atom is -0.409 e. The molecule has 0 bridgehead atoms. The normalized spacial score (nSPS) is 16.8. The summed E-state index contributed by atoms with van der Waals surface area (Å²) in [5.41, 5.74) is 1.03. The fourth-order valence-electron chi connectivity index (χ4n) is 2.28. The van der Waals surface area contributed by atoms with Crippen molar-refractivity contribution in [3.63, 3.8) is 0 Å². The third kappa shape index (κ3) is 6.33. The van der Waals surface area contributed by atoms with Crippen LogP contribution in [0, 0.1) is 5.92 Å². The second-order valence-corrected chi connectivity index (χ2v) is 16.8. The highest BCUT2D eigenvalue weighted by atomic mass is 35.5. The minimum atomic E-state index is -2.03. The highest BCUT2D eigenvalue weighted by molar-refractivity contribution is 7.86. The maximum absolute atomic E-state index is 12.8. The zero-order valence-corrected chi connectivity index (χ0v) is 20.1. The summed E-state index contributed by atoms with van der Waals surface area (Å²) in [5, 5.41) is 0.768. The van der Waals surface area contributed by atoms with Crippen LogP contribution in [0.5, 0.6) is 0 Å². The Morgan fingerprint density at radius 1 is 1.23 bits per heavy atom. The quantitative estimate of drug-likeness (QED) is 0.364. The fraction of sp³-hybridized carbons (Fsp3) is 0.619. The van der Waals surface area contributed by atoms with E-state index in [-0.39, 0.29) is 21.8 Å². The topological polar surface area (TPSA) is 26.3 Å². The molecule has 1 rings (SSSR count). The van der Waals surface area contributed by atoms with Crippen LogP contribution in [-0.2, 0) is 15.2 Å². The Labute approximate surface area is 169 Å². The number of halogens is 1. The molecule has 26 heavy (non-hydrogen) atoms. The van der Waals surface area contributed by atoms with Gasteiger partial charge in [-0.3, -0.25) is 4.21 Å². The number of hydrogen-bond donors (Lipinski definition) is 0. The van der Waals surface area contributed by atoms with E-state index in [1.807, 2.05) is 51.1 Å². The monoisotopic (exact) mass is 414 g/mol. The van der Waals surface area contributed by atoms with Gasteiger partial charge in [0.2, 0.25) is 0 Å². The van der Waals surface area contributed by atoms with Gasteiger partial charge < -0.3 is 4.43 Å². The van der Waals surface area contributed by atoms with E-state index in [0.717, 1.165) is 5.56 Å². The molecule has 0 aromatic heterocycles. The molecule has 0 heterocycles. The van der Waals surface area contributed by atoms with Gasteiger partial charge in [0.1, 0.15) is 0 Å². The lowest BCUT2D eigenvalue weighted by molar-refractivity contribution is 0.149. The molecule has 2 nitrogen and oxygen atoms in total. The fourth-order valence-corrected chi connectivity index (χ4v) is 4.94. The van der Waals surface area contributed by atoms with Crippen LogP contribution in [0.1, 0.15) is 53.2 Å². The standard InChI is InChI=1S/C21H35ClO2SSi/c1-10-16(15-25(23)20(2,3)4)19(17-12-11-13-18(22)14-17)24-26(8,9)21(5,6)7/h10-14,16,19H,1,15H2,2-9H3/t16-,19-,25?/m0/s1. The van der Waals surface area contributed by atoms with Crippen molar-refractivity contribution in [3.8, 4) is 0 Å². The van der Waals surface area contributed by atoms with E-state index in [9.17, 15) is 4.21 Å². The molecule has 0 aliphatic carbocycles. The average molecular weight is 415 g/mol. The lowest BCUT2D eigenvalue weighted by Crippen LogP contribution is -2.43. The number of rotatable bonds is 7. The minimum absolute atomic E-state index is 0.0392. The Morgan fingerprint density at radius 3 is 2.23 bits per heavy atom. The SMILES string of the molecule is C=C[C@@H](CS(=O)C(C)(C)C)[C@H](O[Si](C)(C)C(C)(C)C)c1cccc(Cl)c1. The third-order valence-electron chi connectivity index (χ3n) is 5.12. The highest BCUT2D eigenvalue weighted by Crippen LogP contribution is 2.42. The van der Waals surface area contributed by atoms with E-state index in [1.165, 1.54) is 0 Å². The second-order valence-electron chi connectivity index (χ2n) is 9.38. The van der Waals surface area contributed by atoms with Gasteiger partial charge in [-0.05, 0) is 56.6 Å². The van der Waals surface area contributed by atoms with Crippen molar-refractivity contribution < 1.29 is 8.63 Å². The van der Waals surface area contributed by atoms with Crippen LogP contribution in [0.3, 0.4) is 0 Å². The smallest absolute Gasteiger partial charge is 0.192 e. The van der Waals surface area contributed by atoms with Gasteiger partial charge in [0.15, 0.2) is 8.32 Å². The molecule has 3 atom stereocenters. The average Bonchev–Trinajstić information content (AvgIpc) is 2.48. The Morgan fingerprint density at radius 2 is 1.81 bits per heavy atom. The molecule has 1 unspecified atom stereocenters. The molecule has 0 aliphatic heterocycles. The van der Waals surface area contributed by atoms with Crippen LogP contribution < -0.4 is 0 Å². The zero-order valence-electron chi connectivity index (χ0n) is 17.6. The molecule has 5 heteroatoms. The van der Waals surface area contributed by atoms with E-state index in [1.54, 1.807) is 0 Å². The Hall–Kier alpha value is -0.423. The summed E-state index contributed by atoms with van der Waals surface area (Å²) in [6, 6.07) is 7.81. The molecule has 0 saturated carbocycles. The summed E-state index contributed by atoms with van der Waals surface area (Å²) in [5.74, 6) is 0.487. The molecule has 1 aromatic rings. The van der Waals surface area contributed by atoms with Crippen molar-refractivity contribution in [2.24, 2.45) is 5.92 Å². The van der Waals surface area contributed by atoms with Gasteiger partial charge in [-0.1, -0.05) is 50.6 Å². The van der Waals surface area contributed by atoms with Gasteiger partial charge in [0.05, 0.1) is 6.10 Å². The van der Waals surface area contributed by atoms with Gasteiger partial charge in [-0.25, -0.2) is 0 Å². The predicted octanol–water partition coefficient (Wildman–Crippen LogP) is 6.75. The Kier molecular flexibility index (Phi) is 7.92. The van der Waals surface area contributed by atoms with Crippen LogP contribution in [0.2, 0.25) is 23.2 Å². The molecule has 0 saturated heterocycles. The maximum atomic E-state index is 12.8. The van der Waals surface area contributed by atoms with E-state index in [0.29, 0.717) is 10.8 Å². The Bertz CT molecular complexity index is 644. The third-order valence-corrected chi connectivity index (χ3v) is 11.9. The van der Waals surface area contributed by atoms with Crippen molar-refractivity contribution in [1.82, 2.24) is 0 Å².